The van der Waals surface area contributed by atoms with Gasteiger partial charge in [0.1, 0.15) is 0 Å². The molecule has 9 heteroatoms. The van der Waals surface area contributed by atoms with Crippen molar-refractivity contribution >= 4 is 39.1 Å². The normalized spacial score (nSPS) is 11.3. The van der Waals surface area contributed by atoms with Crippen LogP contribution in [0.25, 0.3) is 0 Å². The van der Waals surface area contributed by atoms with Gasteiger partial charge < -0.3 is 5.32 Å². The molecule has 0 bridgehead atoms. The van der Waals surface area contributed by atoms with Crippen molar-refractivity contribution in [2.75, 3.05) is 16.3 Å². The molecule has 0 aliphatic rings. The molecular weight excluding hydrogens is 358 g/mol. The fraction of sp³-hybridized carbons (Fsp3) is 0.133. The standard InChI is InChI=1S/C15H14F2N2O3S2/c1-24(21,22)19-11-6-4-5-10(9-11)14(20)18-12-7-2-3-8-13(12)23-15(16)17/h2-9,15,19H,1H3,(H,18,20). The molecule has 2 aromatic carbocycles. The van der Waals surface area contributed by atoms with Gasteiger partial charge in [-0.1, -0.05) is 30.0 Å². The molecule has 2 aromatic rings. The lowest BCUT2D eigenvalue weighted by Crippen LogP contribution is -2.14. The van der Waals surface area contributed by atoms with Gasteiger partial charge >= 0.3 is 0 Å². The number of benzene rings is 2. The van der Waals surface area contributed by atoms with Crippen molar-refractivity contribution in [2.45, 2.75) is 10.7 Å². The van der Waals surface area contributed by atoms with Crippen molar-refractivity contribution in [1.29, 1.82) is 0 Å². The molecule has 2 rings (SSSR count). The van der Waals surface area contributed by atoms with Crippen molar-refractivity contribution in [2.24, 2.45) is 0 Å². The van der Waals surface area contributed by atoms with Crippen LogP contribution in [0.1, 0.15) is 10.4 Å². The average Bonchev–Trinajstić information content (AvgIpc) is 2.47. The number of sulfonamides is 1. The summed E-state index contributed by atoms with van der Waals surface area (Å²) in [7, 11) is -3.47. The number of hydrogen-bond acceptors (Lipinski definition) is 4. The molecule has 0 saturated carbocycles. The molecule has 0 radical (unpaired) electrons. The number of nitrogens with one attached hydrogen (secondary N) is 2. The van der Waals surface area contributed by atoms with Crippen molar-refractivity contribution in [3.8, 4) is 0 Å². The Labute approximate surface area is 142 Å². The number of hydrogen-bond donors (Lipinski definition) is 2. The number of halogens is 2. The minimum atomic E-state index is -3.47. The summed E-state index contributed by atoms with van der Waals surface area (Å²) >= 11 is 0.334. The quantitative estimate of drug-likeness (QED) is 0.760. The fourth-order valence-corrected chi connectivity index (χ4v) is 3.05. The first-order chi connectivity index (χ1) is 11.2. The summed E-state index contributed by atoms with van der Waals surface area (Å²) in [6.45, 7) is 0. The zero-order chi connectivity index (χ0) is 17.7. The molecule has 5 nitrogen and oxygen atoms in total. The minimum absolute atomic E-state index is 0.195. The third-order valence-corrected chi connectivity index (χ3v) is 4.17. The van der Waals surface area contributed by atoms with E-state index in [0.717, 1.165) is 6.26 Å². The largest absolute Gasteiger partial charge is 0.321 e. The Morgan fingerprint density at radius 1 is 1.12 bits per heavy atom. The second-order valence-corrected chi connectivity index (χ2v) is 7.56. The smallest absolute Gasteiger partial charge is 0.288 e. The van der Waals surface area contributed by atoms with E-state index in [0.29, 0.717) is 11.8 Å². The second-order valence-electron chi connectivity index (χ2n) is 4.78. The Balaban J connectivity index is 2.20. The van der Waals surface area contributed by atoms with E-state index in [9.17, 15) is 22.0 Å². The van der Waals surface area contributed by atoms with Crippen molar-refractivity contribution < 1.29 is 22.0 Å². The van der Waals surface area contributed by atoms with E-state index in [1.165, 1.54) is 36.4 Å². The Bertz CT molecular complexity index is 842. The van der Waals surface area contributed by atoms with Gasteiger partial charge in [-0.25, -0.2) is 8.42 Å². The Morgan fingerprint density at radius 2 is 1.83 bits per heavy atom. The van der Waals surface area contributed by atoms with E-state index in [4.69, 9.17) is 0 Å². The van der Waals surface area contributed by atoms with Crippen molar-refractivity contribution in [3.05, 3.63) is 54.1 Å². The third kappa shape index (κ3) is 5.50. The number of para-hydroxylation sites is 1. The molecule has 0 unspecified atom stereocenters. The van der Waals surface area contributed by atoms with Crippen LogP contribution in [-0.4, -0.2) is 26.3 Å². The monoisotopic (exact) mass is 372 g/mol. The first kappa shape index (κ1) is 18.2. The Kier molecular flexibility index (Phi) is 5.79. The minimum Gasteiger partial charge on any atom is -0.321 e. The maximum Gasteiger partial charge on any atom is 0.288 e. The Morgan fingerprint density at radius 3 is 2.50 bits per heavy atom. The SMILES string of the molecule is CS(=O)(=O)Nc1cccc(C(=O)Nc2ccccc2SC(F)F)c1. The van der Waals surface area contributed by atoms with Gasteiger partial charge in [0.15, 0.2) is 0 Å². The van der Waals surface area contributed by atoms with Crippen LogP contribution in [0.5, 0.6) is 0 Å². The maximum absolute atomic E-state index is 12.6. The third-order valence-electron chi connectivity index (χ3n) is 2.78. The van der Waals surface area contributed by atoms with Gasteiger partial charge in [0.05, 0.1) is 11.9 Å². The van der Waals surface area contributed by atoms with E-state index in [1.54, 1.807) is 12.1 Å². The lowest BCUT2D eigenvalue weighted by Gasteiger charge is -2.11. The van der Waals surface area contributed by atoms with Gasteiger partial charge in [-0.3, -0.25) is 9.52 Å². The second kappa shape index (κ2) is 7.63. The van der Waals surface area contributed by atoms with Gasteiger partial charge in [-0.05, 0) is 30.3 Å². The van der Waals surface area contributed by atoms with Gasteiger partial charge in [0, 0.05) is 16.1 Å². The van der Waals surface area contributed by atoms with E-state index < -0.39 is 21.7 Å². The predicted molar refractivity (Wildman–Crippen MR) is 91.2 cm³/mol. The highest BCUT2D eigenvalue weighted by molar-refractivity contribution is 7.99. The van der Waals surface area contributed by atoms with Crippen LogP contribution in [0.15, 0.2) is 53.4 Å². The summed E-state index contributed by atoms with van der Waals surface area (Å²) in [6.07, 6.45) is 0.998. The molecular formula is C15H14F2N2O3S2. The highest BCUT2D eigenvalue weighted by Gasteiger charge is 2.13. The summed E-state index contributed by atoms with van der Waals surface area (Å²) < 4.78 is 49.8. The number of alkyl halides is 2. The molecule has 0 aromatic heterocycles. The number of amides is 1. The molecule has 24 heavy (non-hydrogen) atoms. The van der Waals surface area contributed by atoms with Crippen LogP contribution >= 0.6 is 11.8 Å². The van der Waals surface area contributed by atoms with Crippen LogP contribution in [0.3, 0.4) is 0 Å². The lowest BCUT2D eigenvalue weighted by molar-refractivity contribution is 0.102. The van der Waals surface area contributed by atoms with Crippen LogP contribution in [-0.2, 0) is 10.0 Å². The number of thioether (sulfide) groups is 1. The molecule has 2 N–H and O–H groups in total. The molecule has 0 fully saturated rings. The fourth-order valence-electron chi connectivity index (χ4n) is 1.90. The first-order valence-electron chi connectivity index (χ1n) is 6.67. The molecule has 128 valence electrons. The van der Waals surface area contributed by atoms with E-state index in [2.05, 4.69) is 10.0 Å². The summed E-state index contributed by atoms with van der Waals surface area (Å²) in [6, 6.07) is 12.1. The number of carbonyl (C=O) groups excluding carboxylic acids is 1. The predicted octanol–water partition coefficient (Wildman–Crippen LogP) is 3.63. The van der Waals surface area contributed by atoms with Crippen LogP contribution < -0.4 is 10.0 Å². The molecule has 0 spiro atoms. The van der Waals surface area contributed by atoms with E-state index in [1.807, 2.05) is 0 Å². The van der Waals surface area contributed by atoms with Gasteiger partial charge in [0.25, 0.3) is 11.7 Å². The highest BCUT2D eigenvalue weighted by atomic mass is 32.2. The van der Waals surface area contributed by atoms with Crippen molar-refractivity contribution in [3.63, 3.8) is 0 Å². The van der Waals surface area contributed by atoms with Crippen molar-refractivity contribution in [1.82, 2.24) is 0 Å². The number of anilines is 2. The molecule has 0 saturated heterocycles. The van der Waals surface area contributed by atoms with Gasteiger partial charge in [-0.15, -0.1) is 0 Å². The molecule has 1 amide bonds. The molecule has 0 aliphatic carbocycles. The summed E-state index contributed by atoms with van der Waals surface area (Å²) in [4.78, 5) is 12.5. The molecule has 0 aliphatic heterocycles. The van der Waals surface area contributed by atoms with Gasteiger partial charge in [0.2, 0.25) is 10.0 Å². The first-order valence-corrected chi connectivity index (χ1v) is 9.45. The van der Waals surface area contributed by atoms with Crippen LogP contribution in [0.2, 0.25) is 0 Å². The zero-order valence-corrected chi connectivity index (χ0v) is 14.1. The topological polar surface area (TPSA) is 75.3 Å². The average molecular weight is 372 g/mol. The van der Waals surface area contributed by atoms with Crippen LogP contribution in [0.4, 0.5) is 20.2 Å². The maximum atomic E-state index is 12.6. The zero-order valence-electron chi connectivity index (χ0n) is 12.5. The molecule has 0 heterocycles. The van der Waals surface area contributed by atoms with E-state index in [-0.39, 0.29) is 21.8 Å². The van der Waals surface area contributed by atoms with Gasteiger partial charge in [-0.2, -0.15) is 8.78 Å². The highest BCUT2D eigenvalue weighted by Crippen LogP contribution is 2.31. The lowest BCUT2D eigenvalue weighted by atomic mass is 10.2. The van der Waals surface area contributed by atoms with Crippen LogP contribution in [0, 0.1) is 0 Å². The van der Waals surface area contributed by atoms with E-state index >= 15 is 0 Å². The number of rotatable bonds is 6. The Hall–Kier alpha value is -2.13. The summed E-state index contributed by atoms with van der Waals surface area (Å²) in [5, 5.41) is 2.55. The summed E-state index contributed by atoms with van der Waals surface area (Å²) in [5.41, 5.74) is 0.690. The summed E-state index contributed by atoms with van der Waals surface area (Å²) in [5.74, 6) is -3.14. The molecule has 0 atom stereocenters. The number of carbonyl (C=O) groups is 1.